The summed E-state index contributed by atoms with van der Waals surface area (Å²) >= 11 is 24.7. The van der Waals surface area contributed by atoms with E-state index in [1.165, 1.54) is 146 Å². The SMILES string of the molecule is C.CC(C)(C)OC(=O)OC(=O)OC(C)(C)C.CCCOCCO.CCCOCCOCCCCCCCl.ClCCCCCCI.NCCOCCO.NCCOCCOCCCCCCCl.O=C(CC12CC3CC(CC(C3)C1)C2)NCCOCCOCCCCCCCl.O=C(O)CC12CC3CC(CC(C3)C1)C2.[H-].[Na+]. The first kappa shape index (κ1) is 114. The van der Waals surface area contributed by atoms with Crippen molar-refractivity contribution in [2.75, 3.05) is 167 Å². The molecule has 8 saturated carbocycles. The van der Waals surface area contributed by atoms with Crippen molar-refractivity contribution in [1.29, 1.82) is 0 Å². The Hall–Kier alpha value is 0.0900. The molecule has 0 aromatic rings. The normalized spacial score (nSPS) is 20.6. The standard InChI is InChI=1S/C22H38ClNO3.C12H18O2.C11H23ClO2.C10H22ClNO2.C10H18O5.C6H12ClI.C5H12O2.C4H11NO2.CH4.Na.H/c23-5-3-1-2-4-7-26-9-10-27-8-6-24-21(25)17-22-14-18-11-19(15-22)13-20(12-18)16-22;13-11(14)7-12-4-8-1-9(5-12)3-10(2-8)6-12;1-2-8-13-10-11-14-9-6-4-3-5-7-12;11-5-3-1-2-4-7-13-9-10-14-8-6-12;1-9(2,3)14-7(11)13-8(12)15-10(4,5)6;7-5-3-1-2-4-6-8;1-2-4-7-5-3-6;5-1-3-7-4-2-6;;;/h18-20H,1-17H2,(H,24,25);8-10H,1-7H2,(H,13,14);2-11H2,1H3;1-10,12H2;1-6H3;1-6H2;6H,2-5H2,1H3;6H,1-5H2;1H4;;/q;;;;;;;;;+1;-1. The number of nitrogens with two attached hydrogens (primary N) is 2. The van der Waals surface area contributed by atoms with E-state index < -0.39 is 29.5 Å². The molecule has 8 aliphatic rings. The van der Waals surface area contributed by atoms with Crippen LogP contribution in [0.5, 0.6) is 0 Å². The van der Waals surface area contributed by atoms with Gasteiger partial charge in [0.25, 0.3) is 0 Å². The minimum atomic E-state index is -1.06. The second-order valence-corrected chi connectivity index (χ2v) is 33.6. The number of carbonyl (C=O) groups excluding carboxylic acids is 3. The molecular weight excluding hydrogens is 1590 g/mol. The summed E-state index contributed by atoms with van der Waals surface area (Å²) in [5, 5.41) is 28.3. The number of carbonyl (C=O) groups is 4. The summed E-state index contributed by atoms with van der Waals surface area (Å²) in [6.45, 7) is 26.9. The first-order valence-corrected chi connectivity index (χ1v) is 44.2. The molecule has 8 N–H and O–H groups in total. The maximum atomic E-state index is 12.4. The van der Waals surface area contributed by atoms with Crippen LogP contribution in [0.2, 0.25) is 0 Å². The molecule has 642 valence electrons. The molecular formula is C81H159Cl4IN3NaO18. The first-order valence-electron chi connectivity index (χ1n) is 40.6. The molecule has 0 radical (unpaired) electrons. The second-order valence-electron chi connectivity index (χ2n) is 31.0. The predicted molar refractivity (Wildman–Crippen MR) is 448 cm³/mol. The van der Waals surface area contributed by atoms with Gasteiger partial charge >= 0.3 is 47.8 Å². The van der Waals surface area contributed by atoms with Crippen molar-refractivity contribution in [3.8, 4) is 0 Å². The molecule has 8 rings (SSSR count). The summed E-state index contributed by atoms with van der Waals surface area (Å²) in [6.07, 6.45) is 36.4. The summed E-state index contributed by atoms with van der Waals surface area (Å²) in [7, 11) is 0. The summed E-state index contributed by atoms with van der Waals surface area (Å²) in [5.41, 5.74) is 9.49. The number of nitrogens with one attached hydrogen (secondary N) is 1. The van der Waals surface area contributed by atoms with Crippen molar-refractivity contribution in [1.82, 2.24) is 5.32 Å². The predicted octanol–water partition coefficient (Wildman–Crippen LogP) is 15.4. The number of aliphatic hydroxyl groups is 2. The van der Waals surface area contributed by atoms with Crippen LogP contribution in [0.15, 0.2) is 0 Å². The van der Waals surface area contributed by atoms with E-state index in [0.29, 0.717) is 90.9 Å². The average Bonchev–Trinajstić information content (AvgIpc) is 0.760. The fourth-order valence-corrected chi connectivity index (χ4v) is 16.2. The summed E-state index contributed by atoms with van der Waals surface area (Å²) in [4.78, 5) is 45.3. The fourth-order valence-electron chi connectivity index (χ4n) is 14.9. The van der Waals surface area contributed by atoms with Gasteiger partial charge < -0.3 is 85.6 Å². The Kier molecular flexibility index (Phi) is 82.9. The number of rotatable bonds is 51. The molecule has 27 heteroatoms. The minimum absolute atomic E-state index is 0. The molecule has 0 aromatic heterocycles. The molecule has 108 heavy (non-hydrogen) atoms. The van der Waals surface area contributed by atoms with Crippen molar-refractivity contribution < 1.29 is 118 Å². The maximum absolute atomic E-state index is 12.4. The van der Waals surface area contributed by atoms with Crippen LogP contribution in [-0.2, 0) is 61.7 Å². The molecule has 8 fully saturated rings. The maximum Gasteiger partial charge on any atom is 1.00 e. The van der Waals surface area contributed by atoms with Crippen LogP contribution in [0.25, 0.3) is 0 Å². The smallest absolute Gasteiger partial charge is 1.00 e. The number of hydrogen-bond acceptors (Lipinski definition) is 19. The number of hydrogen-bond donors (Lipinski definition) is 6. The number of amides is 1. The van der Waals surface area contributed by atoms with Gasteiger partial charge in [-0.15, -0.1) is 46.4 Å². The number of aliphatic carboxylic acids is 1. The van der Waals surface area contributed by atoms with Crippen molar-refractivity contribution in [3.05, 3.63) is 0 Å². The van der Waals surface area contributed by atoms with E-state index in [-0.39, 0.29) is 62.9 Å². The monoisotopic (exact) mass is 1750 g/mol. The minimum Gasteiger partial charge on any atom is -1.00 e. The zero-order valence-electron chi connectivity index (χ0n) is 69.5. The Balaban J connectivity index is -0.000000392. The van der Waals surface area contributed by atoms with Gasteiger partial charge in [0.1, 0.15) is 11.2 Å². The average molecular weight is 1750 g/mol. The van der Waals surface area contributed by atoms with E-state index in [2.05, 4.69) is 39.6 Å². The molecule has 0 spiro atoms. The fraction of sp³-hybridized carbons (Fsp3) is 0.951. The number of halogens is 5. The van der Waals surface area contributed by atoms with Crippen LogP contribution in [0.4, 0.5) is 9.59 Å². The van der Waals surface area contributed by atoms with E-state index in [1.807, 2.05) is 6.92 Å². The zero-order valence-corrected chi connectivity index (χ0v) is 75.7. The van der Waals surface area contributed by atoms with Gasteiger partial charge in [-0.3, -0.25) is 9.59 Å². The first-order chi connectivity index (χ1) is 50.9. The number of alkyl halides is 5. The Morgan fingerprint density at radius 2 is 0.704 bits per heavy atom. The number of carboxylic acid groups (broad SMARTS) is 1. The molecule has 8 bridgehead atoms. The Labute approximate surface area is 714 Å². The van der Waals surface area contributed by atoms with E-state index in [4.69, 9.17) is 121 Å². The van der Waals surface area contributed by atoms with Gasteiger partial charge in [-0.25, -0.2) is 9.59 Å². The van der Waals surface area contributed by atoms with Crippen molar-refractivity contribution in [2.45, 2.75) is 279 Å². The molecule has 1 amide bonds. The zero-order chi connectivity index (χ0) is 79.3. The summed E-state index contributed by atoms with van der Waals surface area (Å²) in [6, 6.07) is 0. The largest absolute Gasteiger partial charge is 1.00 e. The van der Waals surface area contributed by atoms with Gasteiger partial charge in [0, 0.05) is 82.6 Å². The van der Waals surface area contributed by atoms with E-state index in [1.54, 1.807) is 41.5 Å². The molecule has 0 heterocycles. The molecule has 21 nitrogen and oxygen atoms in total. The van der Waals surface area contributed by atoms with E-state index >= 15 is 0 Å². The molecule has 0 unspecified atom stereocenters. The quantitative estimate of drug-likeness (QED) is 0.00823. The topological polar surface area (TPSA) is 295 Å². The second kappa shape index (κ2) is 78.3. The number of aliphatic hydroxyl groups excluding tert-OH is 2. The van der Waals surface area contributed by atoms with Crippen molar-refractivity contribution in [2.24, 2.45) is 57.8 Å². The molecule has 0 aromatic carbocycles. The Morgan fingerprint density at radius 3 is 0.991 bits per heavy atom. The van der Waals surface area contributed by atoms with Crippen LogP contribution >= 0.6 is 69.0 Å². The molecule has 0 saturated heterocycles. The summed E-state index contributed by atoms with van der Waals surface area (Å²) in [5.74, 6) is 8.16. The molecule has 0 atom stereocenters. The Bertz CT molecular complexity index is 1850. The van der Waals surface area contributed by atoms with Crippen molar-refractivity contribution >= 4 is 93.2 Å². The Morgan fingerprint density at radius 1 is 0.426 bits per heavy atom. The third-order valence-electron chi connectivity index (χ3n) is 18.2. The number of ether oxygens (including phenoxy) is 11. The van der Waals surface area contributed by atoms with Gasteiger partial charge in [-0.1, -0.05) is 95.2 Å². The number of unbranched alkanes of at least 4 members (excludes halogenated alkanes) is 12. The van der Waals surface area contributed by atoms with Crippen LogP contribution in [0.1, 0.15) is 270 Å². The van der Waals surface area contributed by atoms with Crippen molar-refractivity contribution in [3.63, 3.8) is 0 Å². The molecule has 8 aliphatic carbocycles. The van der Waals surface area contributed by atoms with Crippen LogP contribution in [0, 0.1) is 46.3 Å². The van der Waals surface area contributed by atoms with Gasteiger partial charge in [0.2, 0.25) is 5.91 Å². The van der Waals surface area contributed by atoms with Crippen LogP contribution in [0.3, 0.4) is 0 Å². The van der Waals surface area contributed by atoms with Crippen LogP contribution < -0.4 is 46.3 Å². The summed E-state index contributed by atoms with van der Waals surface area (Å²) < 4.78 is 57.1. The van der Waals surface area contributed by atoms with Gasteiger partial charge in [-0.05, 0) is 234 Å². The number of carboxylic acids is 1. The van der Waals surface area contributed by atoms with E-state index in [0.717, 1.165) is 163 Å². The third-order valence-corrected chi connectivity index (χ3v) is 20.1. The molecule has 0 aliphatic heterocycles. The van der Waals surface area contributed by atoms with E-state index in [9.17, 15) is 19.2 Å². The van der Waals surface area contributed by atoms with Gasteiger partial charge in [0.15, 0.2) is 0 Å². The van der Waals surface area contributed by atoms with Gasteiger partial charge in [-0.2, -0.15) is 0 Å². The van der Waals surface area contributed by atoms with Crippen LogP contribution in [-0.4, -0.2) is 217 Å². The third kappa shape index (κ3) is 72.5. The van der Waals surface area contributed by atoms with Gasteiger partial charge in [0.05, 0.1) is 92.3 Å².